The van der Waals surface area contributed by atoms with Gasteiger partial charge in [-0.05, 0) is 67.6 Å². The lowest BCUT2D eigenvalue weighted by Crippen LogP contribution is -2.23. The first kappa shape index (κ1) is 26.9. The summed E-state index contributed by atoms with van der Waals surface area (Å²) in [5.74, 6) is 0.0771. The fourth-order valence-electron chi connectivity index (χ4n) is 3.59. The van der Waals surface area contributed by atoms with Crippen molar-refractivity contribution in [3.63, 3.8) is 0 Å². The molecule has 1 amide bonds. The number of hydrogen-bond acceptors (Lipinski definition) is 8. The van der Waals surface area contributed by atoms with Crippen molar-refractivity contribution in [2.45, 2.75) is 18.4 Å². The monoisotopic (exact) mass is 555 g/mol. The number of nitrogens with zero attached hydrogens (tertiary/aromatic N) is 2. The van der Waals surface area contributed by atoms with E-state index in [0.717, 1.165) is 4.70 Å². The quantitative estimate of drug-likeness (QED) is 0.311. The molecular formula is C26H25N3O7S2. The van der Waals surface area contributed by atoms with Crippen LogP contribution >= 0.6 is 11.3 Å². The zero-order valence-electron chi connectivity index (χ0n) is 20.8. The van der Waals surface area contributed by atoms with Crippen LogP contribution in [-0.2, 0) is 26.1 Å². The lowest BCUT2D eigenvalue weighted by molar-refractivity contribution is -0.143. The first-order valence-corrected chi connectivity index (χ1v) is 13.7. The Labute approximate surface area is 223 Å². The van der Waals surface area contributed by atoms with Gasteiger partial charge < -0.3 is 18.8 Å². The second-order valence-corrected chi connectivity index (χ2v) is 10.6. The summed E-state index contributed by atoms with van der Waals surface area (Å²) in [6, 6.07) is 17.3. The molecule has 0 bridgehead atoms. The average molecular weight is 556 g/mol. The molecule has 0 saturated carbocycles. The number of esters is 1. The third-order valence-electron chi connectivity index (χ3n) is 5.41. The van der Waals surface area contributed by atoms with Gasteiger partial charge in [0, 0.05) is 11.3 Å². The zero-order valence-corrected chi connectivity index (χ0v) is 22.5. The SMILES string of the molecule is CCOC(=O)Cn1c(=NC(=O)c2cccc(NS(=O)(=O)c3ccc(OC)cc3)c2)sc2cc(OC)ccc21. The summed E-state index contributed by atoms with van der Waals surface area (Å²) in [5.41, 5.74) is 1.05. The maximum atomic E-state index is 13.1. The Bertz CT molecular complexity index is 1660. The number of methoxy groups -OCH3 is 2. The van der Waals surface area contributed by atoms with Crippen molar-refractivity contribution < 1.29 is 32.2 Å². The van der Waals surface area contributed by atoms with Crippen LogP contribution in [0.2, 0.25) is 0 Å². The molecule has 38 heavy (non-hydrogen) atoms. The van der Waals surface area contributed by atoms with E-state index in [1.54, 1.807) is 55.0 Å². The van der Waals surface area contributed by atoms with E-state index in [9.17, 15) is 18.0 Å². The van der Waals surface area contributed by atoms with Crippen molar-refractivity contribution in [1.82, 2.24) is 4.57 Å². The van der Waals surface area contributed by atoms with Crippen LogP contribution in [-0.4, -0.2) is 45.7 Å². The van der Waals surface area contributed by atoms with E-state index in [2.05, 4.69) is 9.71 Å². The largest absolute Gasteiger partial charge is 0.497 e. The van der Waals surface area contributed by atoms with Gasteiger partial charge in [-0.25, -0.2) is 8.42 Å². The smallest absolute Gasteiger partial charge is 0.326 e. The topological polar surface area (TPSA) is 125 Å². The molecule has 0 atom stereocenters. The van der Waals surface area contributed by atoms with E-state index in [1.165, 1.54) is 48.8 Å². The summed E-state index contributed by atoms with van der Waals surface area (Å²) >= 11 is 1.22. The lowest BCUT2D eigenvalue weighted by Gasteiger charge is -2.09. The molecule has 0 radical (unpaired) electrons. The highest BCUT2D eigenvalue weighted by Gasteiger charge is 2.17. The molecule has 0 fully saturated rings. The summed E-state index contributed by atoms with van der Waals surface area (Å²) < 4.78 is 45.9. The number of ether oxygens (including phenoxy) is 3. The highest BCUT2D eigenvalue weighted by Crippen LogP contribution is 2.24. The minimum atomic E-state index is -3.90. The highest BCUT2D eigenvalue weighted by atomic mass is 32.2. The van der Waals surface area contributed by atoms with E-state index in [-0.39, 0.29) is 34.1 Å². The zero-order chi connectivity index (χ0) is 27.3. The Hall–Kier alpha value is -4.16. The van der Waals surface area contributed by atoms with E-state index < -0.39 is 21.9 Å². The van der Waals surface area contributed by atoms with Gasteiger partial charge in [0.1, 0.15) is 18.0 Å². The van der Waals surface area contributed by atoms with Crippen molar-refractivity contribution in [3.05, 3.63) is 77.1 Å². The number of rotatable bonds is 9. The number of carbonyl (C=O) groups is 2. The average Bonchev–Trinajstić information content (AvgIpc) is 3.24. The molecule has 0 aliphatic rings. The fraction of sp³-hybridized carbons (Fsp3) is 0.192. The third kappa shape index (κ3) is 6.03. The van der Waals surface area contributed by atoms with E-state index in [0.29, 0.717) is 17.0 Å². The van der Waals surface area contributed by atoms with Crippen molar-refractivity contribution in [3.8, 4) is 11.5 Å². The minimum Gasteiger partial charge on any atom is -0.497 e. The molecule has 3 aromatic carbocycles. The van der Waals surface area contributed by atoms with Gasteiger partial charge in [-0.3, -0.25) is 14.3 Å². The Morgan fingerprint density at radius 3 is 2.37 bits per heavy atom. The number of benzene rings is 3. The fourth-order valence-corrected chi connectivity index (χ4v) is 5.70. The third-order valence-corrected chi connectivity index (χ3v) is 7.85. The van der Waals surface area contributed by atoms with Gasteiger partial charge in [-0.15, -0.1) is 0 Å². The van der Waals surface area contributed by atoms with Crippen LogP contribution in [0.3, 0.4) is 0 Å². The Morgan fingerprint density at radius 2 is 1.68 bits per heavy atom. The minimum absolute atomic E-state index is 0.0421. The molecular weight excluding hydrogens is 530 g/mol. The number of nitrogens with one attached hydrogen (secondary N) is 1. The van der Waals surface area contributed by atoms with Crippen LogP contribution in [0.4, 0.5) is 5.69 Å². The van der Waals surface area contributed by atoms with Crippen molar-refractivity contribution >= 4 is 49.1 Å². The molecule has 4 rings (SSSR count). The predicted molar refractivity (Wildman–Crippen MR) is 143 cm³/mol. The van der Waals surface area contributed by atoms with Gasteiger partial charge in [-0.2, -0.15) is 4.99 Å². The second kappa shape index (κ2) is 11.5. The molecule has 198 valence electrons. The molecule has 4 aromatic rings. The van der Waals surface area contributed by atoms with Crippen LogP contribution in [0.5, 0.6) is 11.5 Å². The van der Waals surface area contributed by atoms with Crippen molar-refractivity contribution in [2.24, 2.45) is 4.99 Å². The summed E-state index contributed by atoms with van der Waals surface area (Å²) in [7, 11) is -0.865. The number of aromatic nitrogens is 1. The first-order valence-electron chi connectivity index (χ1n) is 11.4. The maximum absolute atomic E-state index is 13.1. The Balaban J connectivity index is 1.67. The molecule has 1 aromatic heterocycles. The number of fused-ring (bicyclic) bond motifs is 1. The van der Waals surface area contributed by atoms with Gasteiger partial charge in [0.2, 0.25) is 0 Å². The summed E-state index contributed by atoms with van der Waals surface area (Å²) in [6.07, 6.45) is 0. The van der Waals surface area contributed by atoms with Gasteiger partial charge in [0.05, 0.1) is 35.9 Å². The van der Waals surface area contributed by atoms with E-state index in [1.807, 2.05) is 0 Å². The predicted octanol–water partition coefficient (Wildman–Crippen LogP) is 3.83. The maximum Gasteiger partial charge on any atom is 0.326 e. The number of amides is 1. The molecule has 12 heteroatoms. The summed E-state index contributed by atoms with van der Waals surface area (Å²) in [6.45, 7) is 1.80. The highest BCUT2D eigenvalue weighted by molar-refractivity contribution is 7.92. The molecule has 10 nitrogen and oxygen atoms in total. The number of anilines is 1. The number of hydrogen-bond donors (Lipinski definition) is 1. The Morgan fingerprint density at radius 1 is 0.974 bits per heavy atom. The van der Waals surface area contributed by atoms with Gasteiger partial charge in [-0.1, -0.05) is 17.4 Å². The molecule has 1 N–H and O–H groups in total. The molecule has 0 spiro atoms. The van der Waals surface area contributed by atoms with Crippen molar-refractivity contribution in [1.29, 1.82) is 0 Å². The summed E-state index contributed by atoms with van der Waals surface area (Å²) in [4.78, 5) is 30.0. The first-order chi connectivity index (χ1) is 18.2. The van der Waals surface area contributed by atoms with Crippen LogP contribution < -0.4 is 19.0 Å². The lowest BCUT2D eigenvalue weighted by atomic mass is 10.2. The van der Waals surface area contributed by atoms with Gasteiger partial charge >= 0.3 is 5.97 Å². The van der Waals surface area contributed by atoms with Gasteiger partial charge in [0.15, 0.2) is 4.80 Å². The normalized spacial score (nSPS) is 11.8. The molecule has 0 unspecified atom stereocenters. The van der Waals surface area contributed by atoms with Gasteiger partial charge in [0.25, 0.3) is 15.9 Å². The molecule has 0 aliphatic carbocycles. The van der Waals surface area contributed by atoms with Crippen LogP contribution in [0, 0.1) is 0 Å². The molecule has 0 saturated heterocycles. The number of sulfonamides is 1. The Kier molecular flexibility index (Phi) is 8.13. The van der Waals surface area contributed by atoms with E-state index in [4.69, 9.17) is 14.2 Å². The van der Waals surface area contributed by atoms with Crippen LogP contribution in [0.15, 0.2) is 76.6 Å². The molecule has 0 aliphatic heterocycles. The standard InChI is InChI=1S/C26H25N3O7S2/c1-4-36-24(30)16-29-22-13-10-20(35-3)15-23(22)37-26(29)27-25(31)17-6-5-7-18(14-17)28-38(32,33)21-11-8-19(34-2)9-12-21/h5-15,28H,4,16H2,1-3H3. The number of carbonyl (C=O) groups excluding carboxylic acids is 2. The van der Waals surface area contributed by atoms with Crippen LogP contribution in [0.1, 0.15) is 17.3 Å². The van der Waals surface area contributed by atoms with Crippen LogP contribution in [0.25, 0.3) is 10.2 Å². The van der Waals surface area contributed by atoms with Crippen molar-refractivity contribution in [2.75, 3.05) is 25.5 Å². The molecule has 1 heterocycles. The summed E-state index contributed by atoms with van der Waals surface area (Å²) in [5, 5.41) is 0. The van der Waals surface area contributed by atoms with E-state index >= 15 is 0 Å². The second-order valence-electron chi connectivity index (χ2n) is 7.89. The number of thiazole rings is 1.